The Morgan fingerprint density at radius 3 is 1.75 bits per heavy atom. The van der Waals surface area contributed by atoms with Crippen molar-refractivity contribution in [3.05, 3.63) is 24.3 Å². The van der Waals surface area contributed by atoms with Gasteiger partial charge in [0.25, 0.3) is 0 Å². The van der Waals surface area contributed by atoms with Crippen molar-refractivity contribution in [2.75, 3.05) is 26.2 Å². The zero-order valence-electron chi connectivity index (χ0n) is 21.3. The molecule has 0 saturated carbocycles. The molecule has 1 heterocycles. The number of rotatable bonds is 22. The minimum atomic E-state index is -0.0340. The summed E-state index contributed by atoms with van der Waals surface area (Å²) < 4.78 is 5.36. The van der Waals surface area contributed by atoms with Gasteiger partial charge in [-0.25, -0.2) is 0 Å². The van der Waals surface area contributed by atoms with Crippen LogP contribution in [0.3, 0.4) is 0 Å². The van der Waals surface area contributed by atoms with E-state index in [1.807, 2.05) is 0 Å². The topological polar surface area (TPSA) is 29.5 Å². The van der Waals surface area contributed by atoms with Crippen molar-refractivity contribution in [3.63, 3.8) is 0 Å². The fourth-order valence-electron chi connectivity index (χ4n) is 4.33. The third kappa shape index (κ3) is 19.6. The van der Waals surface area contributed by atoms with Gasteiger partial charge in [-0.15, -0.1) is 0 Å². The number of carbonyl (C=O) groups is 1. The largest absolute Gasteiger partial charge is 0.465 e. The van der Waals surface area contributed by atoms with Crippen molar-refractivity contribution in [2.45, 2.75) is 129 Å². The van der Waals surface area contributed by atoms with E-state index in [0.717, 1.165) is 25.9 Å². The van der Waals surface area contributed by atoms with E-state index >= 15 is 0 Å². The summed E-state index contributed by atoms with van der Waals surface area (Å²) in [6.07, 6.45) is 33.9. The van der Waals surface area contributed by atoms with Gasteiger partial charge in [-0.05, 0) is 64.5 Å². The van der Waals surface area contributed by atoms with Gasteiger partial charge in [0.1, 0.15) is 0 Å². The first-order valence-electron chi connectivity index (χ1n) is 14.0. The van der Waals surface area contributed by atoms with Crippen LogP contribution in [0.4, 0.5) is 0 Å². The number of nitrogens with zero attached hydrogens (tertiary/aromatic N) is 1. The van der Waals surface area contributed by atoms with Gasteiger partial charge in [0, 0.05) is 0 Å². The summed E-state index contributed by atoms with van der Waals surface area (Å²) >= 11 is 0. The standard InChI is InChI=1S/C29H53NO2/c1-2-3-4-5-6-7-8-9-10-11-12-13-14-15-16-17-18-19-20-21-24-27-32-29(31)28-30-25-22-23-26-30/h6-7,9-10H,2-5,8,11-28H2,1H3. The number of esters is 1. The SMILES string of the molecule is CCCCCC=CCC=CCCCCCCCCCCCCCOC(=O)CN1CCCC1. The van der Waals surface area contributed by atoms with E-state index < -0.39 is 0 Å². The Morgan fingerprint density at radius 2 is 1.19 bits per heavy atom. The number of hydrogen-bond acceptors (Lipinski definition) is 3. The van der Waals surface area contributed by atoms with Gasteiger partial charge in [0.2, 0.25) is 0 Å². The monoisotopic (exact) mass is 447 g/mol. The second-order valence-electron chi connectivity index (χ2n) is 9.56. The Morgan fingerprint density at radius 1 is 0.688 bits per heavy atom. The van der Waals surface area contributed by atoms with Gasteiger partial charge < -0.3 is 4.74 Å². The van der Waals surface area contributed by atoms with Crippen molar-refractivity contribution in [3.8, 4) is 0 Å². The highest BCUT2D eigenvalue weighted by Crippen LogP contribution is 2.12. The molecule has 1 aliphatic rings. The number of carbonyl (C=O) groups excluding carboxylic acids is 1. The van der Waals surface area contributed by atoms with Gasteiger partial charge in [-0.2, -0.15) is 0 Å². The Balaban J connectivity index is 1.71. The highest BCUT2D eigenvalue weighted by molar-refractivity contribution is 5.71. The highest BCUT2D eigenvalue weighted by Gasteiger charge is 2.15. The maximum absolute atomic E-state index is 11.7. The average Bonchev–Trinajstić information content (AvgIpc) is 3.30. The highest BCUT2D eigenvalue weighted by atomic mass is 16.5. The van der Waals surface area contributed by atoms with Gasteiger partial charge in [-0.1, -0.05) is 102 Å². The normalized spacial score (nSPS) is 14.8. The maximum atomic E-state index is 11.7. The molecule has 1 aliphatic heterocycles. The Kier molecular flexibility index (Phi) is 20.9. The summed E-state index contributed by atoms with van der Waals surface area (Å²) in [6, 6.07) is 0. The third-order valence-corrected chi connectivity index (χ3v) is 6.41. The lowest BCUT2D eigenvalue weighted by Gasteiger charge is -2.13. The number of ether oxygens (including phenoxy) is 1. The summed E-state index contributed by atoms with van der Waals surface area (Å²) in [5.41, 5.74) is 0. The first-order valence-corrected chi connectivity index (χ1v) is 14.0. The number of unbranched alkanes of at least 4 members (excludes halogenated alkanes) is 14. The molecule has 0 amide bonds. The van der Waals surface area contributed by atoms with Gasteiger partial charge in [0.05, 0.1) is 13.2 Å². The van der Waals surface area contributed by atoms with Gasteiger partial charge in [-0.3, -0.25) is 9.69 Å². The molecule has 0 bridgehead atoms. The predicted octanol–water partition coefficient (Wildman–Crippen LogP) is 8.39. The zero-order chi connectivity index (χ0) is 23.0. The molecule has 186 valence electrons. The van der Waals surface area contributed by atoms with E-state index in [1.54, 1.807) is 0 Å². The molecule has 0 aromatic carbocycles. The first-order chi connectivity index (χ1) is 15.8. The molecule has 3 heteroatoms. The van der Waals surface area contributed by atoms with Crippen LogP contribution in [-0.4, -0.2) is 37.1 Å². The first kappa shape index (κ1) is 28.9. The van der Waals surface area contributed by atoms with Gasteiger partial charge >= 0.3 is 5.97 Å². The molecule has 0 atom stereocenters. The Labute approximate surface area is 200 Å². The van der Waals surface area contributed by atoms with Crippen LogP contribution in [0, 0.1) is 0 Å². The van der Waals surface area contributed by atoms with E-state index in [0.29, 0.717) is 13.2 Å². The molecular formula is C29H53NO2. The molecule has 3 nitrogen and oxygen atoms in total. The van der Waals surface area contributed by atoms with Crippen LogP contribution in [0.1, 0.15) is 129 Å². The Hall–Kier alpha value is -1.09. The van der Waals surface area contributed by atoms with E-state index in [4.69, 9.17) is 4.74 Å². The fourth-order valence-corrected chi connectivity index (χ4v) is 4.33. The summed E-state index contributed by atoms with van der Waals surface area (Å²) in [6.45, 7) is 5.48. The molecule has 0 radical (unpaired) electrons. The van der Waals surface area contributed by atoms with Crippen LogP contribution in [0.5, 0.6) is 0 Å². The lowest BCUT2D eigenvalue weighted by atomic mass is 10.1. The van der Waals surface area contributed by atoms with E-state index in [9.17, 15) is 4.79 Å². The molecule has 1 rings (SSSR count). The molecule has 0 aromatic heterocycles. The number of allylic oxidation sites excluding steroid dienone is 4. The fraction of sp³-hybridized carbons (Fsp3) is 0.828. The molecule has 0 aromatic rings. The predicted molar refractivity (Wildman–Crippen MR) is 139 cm³/mol. The molecular weight excluding hydrogens is 394 g/mol. The van der Waals surface area contributed by atoms with Crippen LogP contribution in [0.25, 0.3) is 0 Å². The molecule has 0 N–H and O–H groups in total. The second kappa shape index (κ2) is 23.1. The lowest BCUT2D eigenvalue weighted by Crippen LogP contribution is -2.28. The molecule has 1 saturated heterocycles. The summed E-state index contributed by atoms with van der Waals surface area (Å²) in [7, 11) is 0. The summed E-state index contributed by atoms with van der Waals surface area (Å²) in [5, 5.41) is 0. The molecule has 1 fully saturated rings. The van der Waals surface area contributed by atoms with Crippen LogP contribution >= 0.6 is 0 Å². The average molecular weight is 448 g/mol. The van der Waals surface area contributed by atoms with Crippen molar-refractivity contribution < 1.29 is 9.53 Å². The quantitative estimate of drug-likeness (QED) is 0.0948. The zero-order valence-corrected chi connectivity index (χ0v) is 21.3. The smallest absolute Gasteiger partial charge is 0.320 e. The molecule has 32 heavy (non-hydrogen) atoms. The lowest BCUT2D eigenvalue weighted by molar-refractivity contribution is -0.144. The van der Waals surface area contributed by atoms with Crippen LogP contribution < -0.4 is 0 Å². The minimum absolute atomic E-state index is 0.0340. The third-order valence-electron chi connectivity index (χ3n) is 6.41. The number of likely N-dealkylation sites (tertiary alicyclic amines) is 1. The van der Waals surface area contributed by atoms with Crippen LogP contribution in [0.2, 0.25) is 0 Å². The van der Waals surface area contributed by atoms with Crippen molar-refractivity contribution in [1.82, 2.24) is 4.90 Å². The minimum Gasteiger partial charge on any atom is -0.465 e. The summed E-state index contributed by atoms with van der Waals surface area (Å²) in [5.74, 6) is -0.0340. The summed E-state index contributed by atoms with van der Waals surface area (Å²) in [4.78, 5) is 13.9. The molecule has 0 spiro atoms. The van der Waals surface area contributed by atoms with E-state index in [1.165, 1.54) is 109 Å². The van der Waals surface area contributed by atoms with Crippen molar-refractivity contribution >= 4 is 5.97 Å². The van der Waals surface area contributed by atoms with Gasteiger partial charge in [0.15, 0.2) is 0 Å². The van der Waals surface area contributed by atoms with E-state index in [2.05, 4.69) is 36.1 Å². The molecule has 0 aliphatic carbocycles. The molecule has 0 unspecified atom stereocenters. The van der Waals surface area contributed by atoms with Crippen molar-refractivity contribution in [1.29, 1.82) is 0 Å². The van der Waals surface area contributed by atoms with E-state index in [-0.39, 0.29) is 5.97 Å². The van der Waals surface area contributed by atoms with Crippen LogP contribution in [-0.2, 0) is 9.53 Å². The number of hydrogen-bond donors (Lipinski definition) is 0. The maximum Gasteiger partial charge on any atom is 0.320 e. The van der Waals surface area contributed by atoms with Crippen molar-refractivity contribution in [2.24, 2.45) is 0 Å². The Bertz CT molecular complexity index is 466. The van der Waals surface area contributed by atoms with Crippen LogP contribution in [0.15, 0.2) is 24.3 Å². The second-order valence-corrected chi connectivity index (χ2v) is 9.56.